The lowest BCUT2D eigenvalue weighted by Gasteiger charge is -2.19. The Morgan fingerprint density at radius 3 is 2.40 bits per heavy atom. The van der Waals surface area contributed by atoms with E-state index in [2.05, 4.69) is 4.72 Å². The van der Waals surface area contributed by atoms with Crippen molar-refractivity contribution in [1.29, 1.82) is 0 Å². The average molecular weight is 301 g/mol. The van der Waals surface area contributed by atoms with Gasteiger partial charge in [0.2, 0.25) is 10.0 Å². The number of rotatable bonds is 7. The molecule has 0 spiro atoms. The Kier molecular flexibility index (Phi) is 5.27. The minimum atomic E-state index is -3.67. The molecule has 1 aromatic rings. The molecule has 1 aromatic carbocycles. The summed E-state index contributed by atoms with van der Waals surface area (Å²) in [6.07, 6.45) is 0. The van der Waals surface area contributed by atoms with E-state index in [9.17, 15) is 18.3 Å². The predicted octanol–water partition coefficient (Wildman–Crippen LogP) is 0.545. The van der Waals surface area contributed by atoms with Gasteiger partial charge >= 0.3 is 5.97 Å². The summed E-state index contributed by atoms with van der Waals surface area (Å²) in [6.45, 7) is 2.24. The first-order valence-corrected chi connectivity index (χ1v) is 7.77. The first kappa shape index (κ1) is 16.6. The van der Waals surface area contributed by atoms with E-state index in [-0.39, 0.29) is 11.7 Å². The Morgan fingerprint density at radius 1 is 1.35 bits per heavy atom. The molecule has 0 aliphatic rings. The van der Waals surface area contributed by atoms with Gasteiger partial charge in [0, 0.05) is 6.54 Å². The highest BCUT2D eigenvalue weighted by Crippen LogP contribution is 2.16. The van der Waals surface area contributed by atoms with Crippen molar-refractivity contribution in [3.63, 3.8) is 0 Å². The molecule has 0 amide bonds. The van der Waals surface area contributed by atoms with Gasteiger partial charge in [-0.2, -0.15) is 0 Å². The van der Waals surface area contributed by atoms with Crippen molar-refractivity contribution in [2.24, 2.45) is 0 Å². The Morgan fingerprint density at radius 2 is 1.90 bits per heavy atom. The number of carboxylic acids is 1. The fourth-order valence-electron chi connectivity index (χ4n) is 1.59. The van der Waals surface area contributed by atoms with Crippen LogP contribution in [0, 0.1) is 0 Å². The van der Waals surface area contributed by atoms with Crippen molar-refractivity contribution in [3.05, 3.63) is 35.9 Å². The van der Waals surface area contributed by atoms with Crippen LogP contribution in [-0.2, 0) is 14.8 Å². The topological polar surface area (TPSA) is 104 Å². The van der Waals surface area contributed by atoms with Crippen LogP contribution in [0.5, 0.6) is 0 Å². The van der Waals surface area contributed by atoms with Gasteiger partial charge in [0.05, 0.1) is 5.75 Å². The molecular formula is C13H19NO5S. The molecule has 1 rings (SSSR count). The van der Waals surface area contributed by atoms with Gasteiger partial charge in [0.15, 0.2) is 5.60 Å². The van der Waals surface area contributed by atoms with Gasteiger partial charge in [0.25, 0.3) is 0 Å². The van der Waals surface area contributed by atoms with Gasteiger partial charge in [-0.05, 0) is 18.4 Å². The Hall–Kier alpha value is -1.44. The Labute approximate surface area is 118 Å². The number of aliphatic hydroxyl groups is 1. The molecule has 3 N–H and O–H groups in total. The summed E-state index contributed by atoms with van der Waals surface area (Å²) in [7, 11) is -3.67. The van der Waals surface area contributed by atoms with Gasteiger partial charge in [-0.25, -0.2) is 17.9 Å². The molecule has 6 nitrogen and oxygen atoms in total. The van der Waals surface area contributed by atoms with E-state index >= 15 is 0 Å². The van der Waals surface area contributed by atoms with Gasteiger partial charge in [-0.15, -0.1) is 0 Å². The molecule has 0 radical (unpaired) electrons. The van der Waals surface area contributed by atoms with Crippen LogP contribution in [0.4, 0.5) is 0 Å². The lowest BCUT2D eigenvalue weighted by Crippen LogP contribution is -2.47. The molecular weight excluding hydrogens is 282 g/mol. The van der Waals surface area contributed by atoms with E-state index in [4.69, 9.17) is 5.11 Å². The fourth-order valence-corrected chi connectivity index (χ4v) is 3.06. The van der Waals surface area contributed by atoms with E-state index < -0.39 is 28.1 Å². The first-order valence-electron chi connectivity index (χ1n) is 6.12. The summed E-state index contributed by atoms with van der Waals surface area (Å²) < 4.78 is 25.9. The van der Waals surface area contributed by atoms with Gasteiger partial charge < -0.3 is 10.2 Å². The average Bonchev–Trinajstić information content (AvgIpc) is 2.37. The van der Waals surface area contributed by atoms with Crippen LogP contribution in [-0.4, -0.2) is 42.5 Å². The second kappa shape index (κ2) is 6.34. The third kappa shape index (κ3) is 4.92. The highest BCUT2D eigenvalue weighted by Gasteiger charge is 2.31. The Balaban J connectivity index is 2.65. The Bertz CT molecular complexity index is 553. The molecule has 20 heavy (non-hydrogen) atoms. The standard InChI is InChI=1S/C13H19NO5S/c1-10(11-6-4-3-5-7-11)8-20(18,19)14-9-13(2,17)12(15)16/h3-7,10,14,17H,8-9H2,1-2H3,(H,15,16). The maximum absolute atomic E-state index is 11.9. The molecule has 112 valence electrons. The number of benzene rings is 1. The molecule has 0 heterocycles. The summed E-state index contributed by atoms with van der Waals surface area (Å²) in [6, 6.07) is 9.14. The van der Waals surface area contributed by atoms with Gasteiger partial charge in [-0.1, -0.05) is 37.3 Å². The number of hydrogen-bond donors (Lipinski definition) is 3. The summed E-state index contributed by atoms with van der Waals surface area (Å²) >= 11 is 0. The molecule has 0 bridgehead atoms. The normalized spacial score (nSPS) is 16.4. The highest BCUT2D eigenvalue weighted by molar-refractivity contribution is 7.89. The van der Waals surface area contributed by atoms with Gasteiger partial charge in [-0.3, -0.25) is 0 Å². The fraction of sp³-hybridized carbons (Fsp3) is 0.462. The number of carbonyl (C=O) groups is 1. The third-order valence-corrected chi connectivity index (χ3v) is 4.46. The molecule has 0 aromatic heterocycles. The van der Waals surface area contributed by atoms with Gasteiger partial charge in [0.1, 0.15) is 0 Å². The highest BCUT2D eigenvalue weighted by atomic mass is 32.2. The van der Waals surface area contributed by atoms with Crippen molar-refractivity contribution in [2.75, 3.05) is 12.3 Å². The second-order valence-electron chi connectivity index (χ2n) is 4.99. The lowest BCUT2D eigenvalue weighted by molar-refractivity contribution is -0.155. The van der Waals surface area contributed by atoms with Crippen molar-refractivity contribution < 1.29 is 23.4 Å². The molecule has 0 fully saturated rings. The predicted molar refractivity (Wildman–Crippen MR) is 74.9 cm³/mol. The maximum Gasteiger partial charge on any atom is 0.336 e. The van der Waals surface area contributed by atoms with E-state index in [1.807, 2.05) is 30.3 Å². The summed E-state index contributed by atoms with van der Waals surface area (Å²) in [5.74, 6) is -1.88. The molecule has 0 saturated heterocycles. The van der Waals surface area contributed by atoms with E-state index in [0.717, 1.165) is 12.5 Å². The van der Waals surface area contributed by atoms with Crippen molar-refractivity contribution >= 4 is 16.0 Å². The third-order valence-electron chi connectivity index (χ3n) is 2.94. The molecule has 0 saturated carbocycles. The van der Waals surface area contributed by atoms with Crippen LogP contribution in [0.15, 0.2) is 30.3 Å². The molecule has 0 aliphatic carbocycles. The number of hydrogen-bond acceptors (Lipinski definition) is 4. The molecule has 0 aliphatic heterocycles. The quantitative estimate of drug-likeness (QED) is 0.682. The van der Waals surface area contributed by atoms with Crippen LogP contribution in [0.1, 0.15) is 25.3 Å². The van der Waals surface area contributed by atoms with Crippen LogP contribution in [0.3, 0.4) is 0 Å². The summed E-state index contributed by atoms with van der Waals surface area (Å²) in [5, 5.41) is 18.2. The van der Waals surface area contributed by atoms with E-state index in [1.165, 1.54) is 0 Å². The molecule has 2 atom stereocenters. The van der Waals surface area contributed by atoms with Crippen LogP contribution in [0.2, 0.25) is 0 Å². The maximum atomic E-state index is 11.9. The second-order valence-corrected chi connectivity index (χ2v) is 6.84. The zero-order valence-corrected chi connectivity index (χ0v) is 12.2. The monoisotopic (exact) mass is 301 g/mol. The first-order chi connectivity index (χ1) is 9.14. The number of carboxylic acid groups (broad SMARTS) is 1. The lowest BCUT2D eigenvalue weighted by atomic mass is 10.0. The smallest absolute Gasteiger partial charge is 0.336 e. The zero-order chi connectivity index (χ0) is 15.4. The zero-order valence-electron chi connectivity index (χ0n) is 11.4. The largest absolute Gasteiger partial charge is 0.479 e. The minimum Gasteiger partial charge on any atom is -0.479 e. The van der Waals surface area contributed by atoms with Crippen molar-refractivity contribution in [3.8, 4) is 0 Å². The van der Waals surface area contributed by atoms with E-state index in [1.54, 1.807) is 6.92 Å². The molecule has 2 unspecified atom stereocenters. The summed E-state index contributed by atoms with van der Waals surface area (Å²) in [4.78, 5) is 10.7. The van der Waals surface area contributed by atoms with Crippen molar-refractivity contribution in [2.45, 2.75) is 25.4 Å². The van der Waals surface area contributed by atoms with Crippen LogP contribution >= 0.6 is 0 Å². The minimum absolute atomic E-state index is 0.174. The molecule has 7 heteroatoms. The van der Waals surface area contributed by atoms with E-state index in [0.29, 0.717) is 0 Å². The SMILES string of the molecule is CC(CS(=O)(=O)NCC(C)(O)C(=O)O)c1ccccc1. The van der Waals surface area contributed by atoms with Crippen LogP contribution in [0.25, 0.3) is 0 Å². The van der Waals surface area contributed by atoms with Crippen LogP contribution < -0.4 is 4.72 Å². The van der Waals surface area contributed by atoms with Crippen molar-refractivity contribution in [1.82, 2.24) is 4.72 Å². The number of nitrogens with one attached hydrogen (secondary N) is 1. The number of aliphatic carboxylic acids is 1. The number of sulfonamides is 1. The summed E-state index contributed by atoms with van der Waals surface area (Å²) in [5.41, 5.74) is -1.24.